The topological polar surface area (TPSA) is 40.5 Å². The predicted octanol–water partition coefficient (Wildman–Crippen LogP) is 4.57. The largest absolute Gasteiger partial charge is 0.389 e. The third kappa shape index (κ3) is 4.00. The summed E-state index contributed by atoms with van der Waals surface area (Å²) in [6.07, 6.45) is 7.38. The van der Waals surface area contributed by atoms with E-state index in [1.807, 2.05) is 61.2 Å². The third-order valence-corrected chi connectivity index (χ3v) is 6.21. The van der Waals surface area contributed by atoms with Crippen molar-refractivity contribution in [1.82, 2.24) is 4.90 Å². The van der Waals surface area contributed by atoms with E-state index in [1.54, 1.807) is 0 Å². The van der Waals surface area contributed by atoms with Crippen molar-refractivity contribution in [1.29, 1.82) is 0 Å². The SMILES string of the molecule is CC1(C)CN(C(=O)C2C=C(Cl)C=CC2)CCC1(O)Cc1ccc(Cl)cc1. The van der Waals surface area contributed by atoms with E-state index in [0.29, 0.717) is 42.4 Å². The number of halogens is 2. The molecule has 0 bridgehead atoms. The fourth-order valence-corrected chi connectivity index (χ4v) is 4.23. The van der Waals surface area contributed by atoms with Crippen LogP contribution in [-0.4, -0.2) is 34.6 Å². The van der Waals surface area contributed by atoms with Gasteiger partial charge >= 0.3 is 0 Å². The summed E-state index contributed by atoms with van der Waals surface area (Å²) in [4.78, 5) is 14.8. The Hall–Kier alpha value is -1.29. The predicted molar refractivity (Wildman–Crippen MR) is 106 cm³/mol. The first kappa shape index (κ1) is 19.5. The Morgan fingerprint density at radius 2 is 1.96 bits per heavy atom. The second-order valence-corrected chi connectivity index (χ2v) is 8.90. The molecule has 1 aromatic rings. The summed E-state index contributed by atoms with van der Waals surface area (Å²) in [6.45, 7) is 5.15. The summed E-state index contributed by atoms with van der Waals surface area (Å²) < 4.78 is 0. The number of likely N-dealkylation sites (tertiary alicyclic amines) is 1. The maximum absolute atomic E-state index is 12.9. The van der Waals surface area contributed by atoms with E-state index in [0.717, 1.165) is 5.56 Å². The first-order chi connectivity index (χ1) is 12.2. The first-order valence-corrected chi connectivity index (χ1v) is 9.75. The second kappa shape index (κ2) is 7.38. The van der Waals surface area contributed by atoms with Crippen LogP contribution in [0.15, 0.2) is 47.5 Å². The molecule has 5 heteroatoms. The molecule has 2 unspecified atom stereocenters. The molecule has 0 aromatic heterocycles. The van der Waals surface area contributed by atoms with Gasteiger partial charge in [0.05, 0.1) is 11.5 Å². The number of benzene rings is 1. The van der Waals surface area contributed by atoms with E-state index in [9.17, 15) is 9.90 Å². The van der Waals surface area contributed by atoms with E-state index >= 15 is 0 Å². The standard InChI is InChI=1S/C21H25Cl2NO2/c1-20(2)14-24(19(25)16-4-3-5-18(23)12-16)11-10-21(20,26)13-15-6-8-17(22)9-7-15/h3,5-9,12,16,26H,4,10-11,13-14H2,1-2H3. The highest BCUT2D eigenvalue weighted by Gasteiger charge is 2.48. The maximum atomic E-state index is 12.9. The molecule has 1 aliphatic heterocycles. The number of carbonyl (C=O) groups is 1. The molecule has 1 heterocycles. The Labute approximate surface area is 165 Å². The summed E-state index contributed by atoms with van der Waals surface area (Å²) in [5.41, 5.74) is -0.229. The van der Waals surface area contributed by atoms with Gasteiger partial charge in [-0.1, -0.05) is 61.3 Å². The minimum Gasteiger partial charge on any atom is -0.389 e. The van der Waals surface area contributed by atoms with Crippen LogP contribution in [0.4, 0.5) is 0 Å². The maximum Gasteiger partial charge on any atom is 0.229 e. The van der Waals surface area contributed by atoms with Crippen LogP contribution in [0.5, 0.6) is 0 Å². The Morgan fingerprint density at radius 3 is 2.58 bits per heavy atom. The molecule has 3 nitrogen and oxygen atoms in total. The molecule has 1 fully saturated rings. The molecule has 2 atom stereocenters. The quantitative estimate of drug-likeness (QED) is 0.816. The molecule has 0 radical (unpaired) electrons. The molecular weight excluding hydrogens is 369 g/mol. The van der Waals surface area contributed by atoms with Crippen molar-refractivity contribution in [2.24, 2.45) is 11.3 Å². The van der Waals surface area contributed by atoms with Crippen LogP contribution in [-0.2, 0) is 11.2 Å². The van der Waals surface area contributed by atoms with Crippen molar-refractivity contribution in [3.8, 4) is 0 Å². The molecule has 3 rings (SSSR count). The van der Waals surface area contributed by atoms with Crippen LogP contribution < -0.4 is 0 Å². The van der Waals surface area contributed by atoms with Gasteiger partial charge in [-0.05, 0) is 36.6 Å². The average Bonchev–Trinajstić information content (AvgIpc) is 2.59. The van der Waals surface area contributed by atoms with Crippen molar-refractivity contribution in [2.45, 2.75) is 38.7 Å². The first-order valence-electron chi connectivity index (χ1n) is 9.00. The number of nitrogens with zero attached hydrogens (tertiary/aromatic N) is 1. The number of hydrogen-bond acceptors (Lipinski definition) is 2. The zero-order valence-electron chi connectivity index (χ0n) is 15.2. The molecule has 140 valence electrons. The van der Waals surface area contributed by atoms with Crippen LogP contribution in [0.1, 0.15) is 32.3 Å². The lowest BCUT2D eigenvalue weighted by Crippen LogP contribution is -2.60. The van der Waals surface area contributed by atoms with Crippen molar-refractivity contribution >= 4 is 29.1 Å². The Balaban J connectivity index is 1.71. The van der Waals surface area contributed by atoms with Gasteiger partial charge in [-0.25, -0.2) is 0 Å². The number of hydrogen-bond donors (Lipinski definition) is 1. The lowest BCUT2D eigenvalue weighted by atomic mass is 9.67. The van der Waals surface area contributed by atoms with Gasteiger partial charge < -0.3 is 10.0 Å². The minimum absolute atomic E-state index is 0.0918. The third-order valence-electron chi connectivity index (χ3n) is 5.71. The molecule has 0 spiro atoms. The number of aliphatic hydroxyl groups is 1. The zero-order valence-corrected chi connectivity index (χ0v) is 16.7. The monoisotopic (exact) mass is 393 g/mol. The molecule has 2 aliphatic rings. The molecule has 26 heavy (non-hydrogen) atoms. The van der Waals surface area contributed by atoms with E-state index < -0.39 is 11.0 Å². The van der Waals surface area contributed by atoms with Crippen molar-refractivity contribution < 1.29 is 9.90 Å². The summed E-state index contributed by atoms with van der Waals surface area (Å²) in [7, 11) is 0. The van der Waals surface area contributed by atoms with Crippen LogP contribution in [0, 0.1) is 11.3 Å². The van der Waals surface area contributed by atoms with E-state index in [4.69, 9.17) is 23.2 Å². The Bertz CT molecular complexity index is 739. The van der Waals surface area contributed by atoms with E-state index in [1.165, 1.54) is 0 Å². The summed E-state index contributed by atoms with van der Waals surface area (Å²) in [6, 6.07) is 7.60. The highest BCUT2D eigenvalue weighted by molar-refractivity contribution is 6.31. The number of amides is 1. The highest BCUT2D eigenvalue weighted by atomic mass is 35.5. The molecule has 0 saturated carbocycles. The molecule has 1 N–H and O–H groups in total. The summed E-state index contributed by atoms with van der Waals surface area (Å²) in [5, 5.41) is 12.7. The fourth-order valence-electron chi connectivity index (χ4n) is 3.87. The van der Waals surface area contributed by atoms with Gasteiger partial charge in [-0.15, -0.1) is 0 Å². The summed E-state index contributed by atoms with van der Waals surface area (Å²) >= 11 is 12.0. The van der Waals surface area contributed by atoms with Gasteiger partial charge in [0.15, 0.2) is 0 Å². The van der Waals surface area contributed by atoms with Gasteiger partial charge in [0.2, 0.25) is 5.91 Å². The molecule has 1 amide bonds. The summed E-state index contributed by atoms with van der Waals surface area (Å²) in [5.74, 6) is -0.111. The smallest absolute Gasteiger partial charge is 0.229 e. The normalized spacial score (nSPS) is 28.0. The van der Waals surface area contributed by atoms with Crippen LogP contribution in [0.25, 0.3) is 0 Å². The highest BCUT2D eigenvalue weighted by Crippen LogP contribution is 2.41. The van der Waals surface area contributed by atoms with Crippen molar-refractivity contribution in [2.75, 3.05) is 13.1 Å². The van der Waals surface area contributed by atoms with Gasteiger partial charge in [0.1, 0.15) is 0 Å². The Kier molecular flexibility index (Phi) is 5.53. The van der Waals surface area contributed by atoms with Gasteiger partial charge in [0.25, 0.3) is 0 Å². The number of piperidine rings is 1. The van der Waals surface area contributed by atoms with E-state index in [2.05, 4.69) is 0 Å². The molecule has 1 aromatic carbocycles. The number of rotatable bonds is 3. The molecule has 1 saturated heterocycles. The van der Waals surface area contributed by atoms with Crippen molar-refractivity contribution in [3.63, 3.8) is 0 Å². The van der Waals surface area contributed by atoms with Crippen LogP contribution >= 0.6 is 23.2 Å². The van der Waals surface area contributed by atoms with Crippen molar-refractivity contribution in [3.05, 3.63) is 58.1 Å². The zero-order chi connectivity index (χ0) is 18.9. The lowest BCUT2D eigenvalue weighted by Gasteiger charge is -2.51. The molecular formula is C21H25Cl2NO2. The van der Waals surface area contributed by atoms with Crippen LogP contribution in [0.3, 0.4) is 0 Å². The van der Waals surface area contributed by atoms with Gasteiger partial charge in [-0.2, -0.15) is 0 Å². The minimum atomic E-state index is -0.864. The van der Waals surface area contributed by atoms with Gasteiger partial charge in [0, 0.05) is 35.0 Å². The van der Waals surface area contributed by atoms with E-state index in [-0.39, 0.29) is 11.8 Å². The number of allylic oxidation sites excluding steroid dienone is 3. The molecule has 1 aliphatic carbocycles. The lowest BCUT2D eigenvalue weighted by molar-refractivity contribution is -0.152. The average molecular weight is 394 g/mol. The van der Waals surface area contributed by atoms with Crippen LogP contribution in [0.2, 0.25) is 5.02 Å². The second-order valence-electron chi connectivity index (χ2n) is 8.02. The number of carbonyl (C=O) groups excluding carboxylic acids is 1. The fraction of sp³-hybridized carbons (Fsp3) is 0.476. The Morgan fingerprint density at radius 1 is 1.27 bits per heavy atom. The van der Waals surface area contributed by atoms with Gasteiger partial charge in [-0.3, -0.25) is 4.79 Å².